The monoisotopic (exact) mass is 609 g/mol. The molecule has 0 aromatic rings. The molecule has 0 atom stereocenters. The highest BCUT2D eigenvalue weighted by Gasteiger charge is 2.05. The van der Waals surface area contributed by atoms with Crippen LogP contribution in [-0.2, 0) is 14.2 Å². The van der Waals surface area contributed by atoms with Crippen LogP contribution in [0.5, 0.6) is 0 Å². The number of ether oxygens (including phenoxy) is 3. The highest BCUT2D eigenvalue weighted by molar-refractivity contribution is 4.81. The summed E-state index contributed by atoms with van der Waals surface area (Å²) in [5.41, 5.74) is 0. The second-order valence-corrected chi connectivity index (χ2v) is 12.5. The Labute approximate surface area is 270 Å². The minimum absolute atomic E-state index is 0.865. The quantitative estimate of drug-likeness (QED) is 0.0522. The number of rotatable bonds is 36. The smallest absolute Gasteiger partial charge is 0.0593 e. The average Bonchev–Trinajstić information content (AvgIpc) is 3.00. The first-order valence-corrected chi connectivity index (χ1v) is 18.6. The van der Waals surface area contributed by atoms with E-state index < -0.39 is 0 Å². The molecule has 0 saturated carbocycles. The number of allylic oxidation sites excluding steroid dienone is 2. The van der Waals surface area contributed by atoms with E-state index in [1.807, 2.05) is 0 Å². The predicted molar refractivity (Wildman–Crippen MR) is 189 cm³/mol. The lowest BCUT2D eigenvalue weighted by atomic mass is 10.1. The van der Waals surface area contributed by atoms with Gasteiger partial charge in [0.05, 0.1) is 19.8 Å². The third-order valence-electron chi connectivity index (χ3n) is 7.86. The molecule has 0 aromatic carbocycles. The molecule has 0 rings (SSSR count). The van der Waals surface area contributed by atoms with Crippen molar-refractivity contribution in [2.24, 2.45) is 0 Å². The molecule has 43 heavy (non-hydrogen) atoms. The van der Waals surface area contributed by atoms with Crippen molar-refractivity contribution in [2.45, 2.75) is 142 Å². The first kappa shape index (κ1) is 42.3. The van der Waals surface area contributed by atoms with E-state index in [1.165, 1.54) is 122 Å². The van der Waals surface area contributed by atoms with E-state index in [1.54, 1.807) is 0 Å². The van der Waals surface area contributed by atoms with Crippen molar-refractivity contribution in [2.75, 3.05) is 79.9 Å². The third-order valence-corrected chi connectivity index (χ3v) is 7.86. The van der Waals surface area contributed by atoms with Gasteiger partial charge >= 0.3 is 0 Å². The molecule has 0 aromatic heterocycles. The van der Waals surface area contributed by atoms with Crippen LogP contribution in [0.3, 0.4) is 0 Å². The van der Waals surface area contributed by atoms with Crippen LogP contribution in [0.2, 0.25) is 0 Å². The summed E-state index contributed by atoms with van der Waals surface area (Å²) < 4.78 is 17.7. The van der Waals surface area contributed by atoms with E-state index in [0.29, 0.717) is 0 Å². The molecule has 0 unspecified atom stereocenters. The summed E-state index contributed by atoms with van der Waals surface area (Å²) in [6, 6.07) is 0. The fourth-order valence-corrected chi connectivity index (χ4v) is 5.05. The normalized spacial score (nSPS) is 12.2. The average molecular weight is 609 g/mol. The minimum atomic E-state index is 0.865. The maximum atomic E-state index is 5.99. The van der Waals surface area contributed by atoms with Gasteiger partial charge in [0.15, 0.2) is 0 Å². The second kappa shape index (κ2) is 37.5. The van der Waals surface area contributed by atoms with Crippen molar-refractivity contribution >= 4 is 0 Å². The van der Waals surface area contributed by atoms with Gasteiger partial charge in [-0.1, -0.05) is 89.5 Å². The van der Waals surface area contributed by atoms with Gasteiger partial charge in [0.2, 0.25) is 0 Å². The third kappa shape index (κ3) is 37.4. The molecular weight excluding hydrogens is 532 g/mol. The standard InChI is InChI=1S/C38H76N2O3/c1-5-7-9-11-13-17-24-33-41-35-26-19-15-21-30-40(32-38-43-37-28-23-29-39(3)4)31-22-16-20-27-36-42-34-25-18-14-12-10-8-6-2/h13-14,17-18H,5-12,15-16,19-38H2,1-4H3/b17-13-,18-14-. The van der Waals surface area contributed by atoms with Crippen LogP contribution in [-0.4, -0.2) is 89.7 Å². The van der Waals surface area contributed by atoms with Crippen molar-refractivity contribution in [1.29, 1.82) is 0 Å². The fraction of sp³-hybridized carbons (Fsp3) is 0.895. The molecular formula is C38H76N2O3. The van der Waals surface area contributed by atoms with E-state index in [2.05, 4.69) is 62.0 Å². The molecule has 5 heteroatoms. The lowest BCUT2D eigenvalue weighted by Crippen LogP contribution is -2.30. The van der Waals surface area contributed by atoms with Crippen LogP contribution < -0.4 is 0 Å². The Kier molecular flexibility index (Phi) is 36.8. The van der Waals surface area contributed by atoms with Gasteiger partial charge in [-0.25, -0.2) is 0 Å². The van der Waals surface area contributed by atoms with Crippen molar-refractivity contribution in [1.82, 2.24) is 9.80 Å². The van der Waals surface area contributed by atoms with E-state index in [-0.39, 0.29) is 0 Å². The van der Waals surface area contributed by atoms with Gasteiger partial charge < -0.3 is 24.0 Å². The first-order chi connectivity index (χ1) is 21.2. The topological polar surface area (TPSA) is 34.2 Å². The highest BCUT2D eigenvalue weighted by Crippen LogP contribution is 2.07. The van der Waals surface area contributed by atoms with Gasteiger partial charge in [-0.05, 0) is 111 Å². The summed E-state index contributed by atoms with van der Waals surface area (Å²) in [7, 11) is 4.28. The molecule has 0 aliphatic rings. The molecule has 0 aliphatic carbocycles. The summed E-state index contributed by atoms with van der Waals surface area (Å²) in [4.78, 5) is 4.90. The lowest BCUT2D eigenvalue weighted by Gasteiger charge is -2.22. The zero-order valence-electron chi connectivity index (χ0n) is 29.6. The number of unbranched alkanes of at least 4 members (excludes halogenated alkanes) is 13. The summed E-state index contributed by atoms with van der Waals surface area (Å²) >= 11 is 0. The Morgan fingerprint density at radius 3 is 1.28 bits per heavy atom. The zero-order chi connectivity index (χ0) is 31.3. The molecule has 0 aliphatic heterocycles. The van der Waals surface area contributed by atoms with Gasteiger partial charge in [-0.15, -0.1) is 0 Å². The molecule has 256 valence electrons. The lowest BCUT2D eigenvalue weighted by molar-refractivity contribution is 0.0977. The number of hydrogen-bond donors (Lipinski definition) is 0. The van der Waals surface area contributed by atoms with Crippen molar-refractivity contribution < 1.29 is 14.2 Å². The van der Waals surface area contributed by atoms with E-state index >= 15 is 0 Å². The Morgan fingerprint density at radius 1 is 0.372 bits per heavy atom. The van der Waals surface area contributed by atoms with Crippen molar-refractivity contribution in [3.63, 3.8) is 0 Å². The Hall–Kier alpha value is -0.720. The predicted octanol–water partition coefficient (Wildman–Crippen LogP) is 9.85. The molecule has 0 fully saturated rings. The van der Waals surface area contributed by atoms with Crippen molar-refractivity contribution in [3.05, 3.63) is 24.3 Å². The van der Waals surface area contributed by atoms with Gasteiger partial charge in [-0.2, -0.15) is 0 Å². The number of hydrogen-bond acceptors (Lipinski definition) is 5. The summed E-state index contributed by atoms with van der Waals surface area (Å²) in [5.74, 6) is 0. The number of nitrogens with zero attached hydrogens (tertiary/aromatic N) is 2. The van der Waals surface area contributed by atoms with Crippen LogP contribution in [0.25, 0.3) is 0 Å². The van der Waals surface area contributed by atoms with Gasteiger partial charge in [0.25, 0.3) is 0 Å². The molecule has 0 N–H and O–H groups in total. The maximum Gasteiger partial charge on any atom is 0.0593 e. The van der Waals surface area contributed by atoms with E-state index in [0.717, 1.165) is 72.0 Å². The SMILES string of the molecule is CCCCC/C=C\CCOCCCCCCN(CCCCCCOCC/C=C\CCCCC)CCOCCCCN(C)C. The van der Waals surface area contributed by atoms with Gasteiger partial charge in [0.1, 0.15) is 0 Å². The summed E-state index contributed by atoms with van der Waals surface area (Å²) in [5, 5.41) is 0. The Morgan fingerprint density at radius 2 is 0.791 bits per heavy atom. The van der Waals surface area contributed by atoms with Crippen LogP contribution in [0, 0.1) is 0 Å². The summed E-state index contributed by atoms with van der Waals surface area (Å²) in [6.45, 7) is 14.5. The van der Waals surface area contributed by atoms with Gasteiger partial charge in [-0.3, -0.25) is 0 Å². The zero-order valence-corrected chi connectivity index (χ0v) is 29.6. The van der Waals surface area contributed by atoms with Gasteiger partial charge in [0, 0.05) is 26.4 Å². The Balaban J connectivity index is 3.91. The Bertz CT molecular complexity index is 529. The van der Waals surface area contributed by atoms with Crippen LogP contribution >= 0.6 is 0 Å². The van der Waals surface area contributed by atoms with Crippen LogP contribution in [0.4, 0.5) is 0 Å². The van der Waals surface area contributed by atoms with Crippen LogP contribution in [0.1, 0.15) is 142 Å². The van der Waals surface area contributed by atoms with Crippen molar-refractivity contribution in [3.8, 4) is 0 Å². The molecule has 0 radical (unpaired) electrons. The molecule has 0 heterocycles. The largest absolute Gasteiger partial charge is 0.381 e. The first-order valence-electron chi connectivity index (χ1n) is 18.6. The molecule has 0 bridgehead atoms. The molecule has 5 nitrogen and oxygen atoms in total. The van der Waals surface area contributed by atoms with E-state index in [9.17, 15) is 0 Å². The van der Waals surface area contributed by atoms with Crippen LogP contribution in [0.15, 0.2) is 24.3 Å². The maximum absolute atomic E-state index is 5.99. The highest BCUT2D eigenvalue weighted by atomic mass is 16.5. The molecule has 0 amide bonds. The fourth-order valence-electron chi connectivity index (χ4n) is 5.05. The minimum Gasteiger partial charge on any atom is -0.381 e. The molecule has 0 spiro atoms. The summed E-state index contributed by atoms with van der Waals surface area (Å²) in [6.07, 6.45) is 34.2. The second-order valence-electron chi connectivity index (χ2n) is 12.5. The molecule has 0 saturated heterocycles. The van der Waals surface area contributed by atoms with E-state index in [4.69, 9.17) is 14.2 Å².